The molecule has 0 N–H and O–H groups in total. The molecule has 0 heterocycles. The zero-order valence-corrected chi connectivity index (χ0v) is 9.69. The largest absolute Gasteiger partial charge is 0.463 e. The molecule has 0 atom stereocenters. The Hall–Kier alpha value is -1.65. The van der Waals surface area contributed by atoms with E-state index >= 15 is 0 Å². The molecule has 0 unspecified atom stereocenters. The highest BCUT2D eigenvalue weighted by atomic mass is 16.6. The van der Waals surface area contributed by atoms with Gasteiger partial charge in [0.15, 0.2) is 0 Å². The Morgan fingerprint density at radius 3 is 2.38 bits per heavy atom. The van der Waals surface area contributed by atoms with E-state index in [2.05, 4.69) is 9.47 Å². The molecule has 0 aliphatic heterocycles. The highest BCUT2D eigenvalue weighted by Gasteiger charge is 2.18. The lowest BCUT2D eigenvalue weighted by Crippen LogP contribution is -2.20. The molecule has 0 aromatic heterocycles. The molecule has 0 bridgehead atoms. The minimum atomic E-state index is -0.762. The quantitative estimate of drug-likeness (QED) is 0.296. The van der Waals surface area contributed by atoms with Crippen LogP contribution in [-0.2, 0) is 23.9 Å². The molecule has 0 aromatic rings. The smallest absolute Gasteiger partial charge is 0.344 e. The lowest BCUT2D eigenvalue weighted by Gasteiger charge is -2.07. The molecule has 0 spiro atoms. The summed E-state index contributed by atoms with van der Waals surface area (Å²) in [6.45, 7) is 5.13. The van der Waals surface area contributed by atoms with Crippen LogP contribution in [0.25, 0.3) is 0 Å². The number of carbonyl (C=O) groups excluding carboxylic acids is 3. The molecular weight excluding hydrogens is 212 g/mol. The van der Waals surface area contributed by atoms with Crippen LogP contribution in [0.3, 0.4) is 0 Å². The summed E-state index contributed by atoms with van der Waals surface area (Å²) in [5, 5.41) is 0. The Bertz CT molecular complexity index is 291. The number of hydrogen-bond acceptors (Lipinski definition) is 5. The van der Waals surface area contributed by atoms with Gasteiger partial charge in [0.1, 0.15) is 6.61 Å². The van der Waals surface area contributed by atoms with Crippen molar-refractivity contribution in [2.45, 2.75) is 27.2 Å². The fourth-order valence-corrected chi connectivity index (χ4v) is 0.846. The van der Waals surface area contributed by atoms with Crippen molar-refractivity contribution < 1.29 is 23.9 Å². The van der Waals surface area contributed by atoms with Gasteiger partial charge in [-0.1, -0.05) is 26.8 Å². The van der Waals surface area contributed by atoms with Gasteiger partial charge in [-0.2, -0.15) is 0 Å². The molecule has 5 heteroatoms. The van der Waals surface area contributed by atoms with Gasteiger partial charge < -0.3 is 9.47 Å². The van der Waals surface area contributed by atoms with Gasteiger partial charge in [0.2, 0.25) is 0 Å². The van der Waals surface area contributed by atoms with E-state index < -0.39 is 11.9 Å². The maximum absolute atomic E-state index is 11.4. The molecule has 0 amide bonds. The highest BCUT2D eigenvalue weighted by Crippen LogP contribution is 2.04. The minimum Gasteiger partial charge on any atom is -0.463 e. The monoisotopic (exact) mass is 228 g/mol. The Labute approximate surface area is 94.4 Å². The summed E-state index contributed by atoms with van der Waals surface area (Å²) in [4.78, 5) is 32.6. The van der Waals surface area contributed by atoms with Crippen molar-refractivity contribution in [3.05, 3.63) is 11.6 Å². The molecule has 0 aromatic carbocycles. The molecule has 90 valence electrons. The van der Waals surface area contributed by atoms with Crippen LogP contribution >= 0.6 is 0 Å². The lowest BCUT2D eigenvalue weighted by molar-refractivity contribution is -0.159. The second-order valence-electron chi connectivity index (χ2n) is 3.41. The first-order chi connectivity index (χ1) is 7.52. The summed E-state index contributed by atoms with van der Waals surface area (Å²) in [5.41, 5.74) is 0.170. The van der Waals surface area contributed by atoms with Crippen LogP contribution in [0.1, 0.15) is 27.2 Å². The normalized spacial score (nSPS) is 11.1. The van der Waals surface area contributed by atoms with Crippen molar-refractivity contribution in [3.63, 3.8) is 0 Å². The van der Waals surface area contributed by atoms with E-state index in [0.717, 1.165) is 0 Å². The van der Waals surface area contributed by atoms with Gasteiger partial charge in [-0.05, 0) is 6.42 Å². The fraction of sp³-hybridized carbons (Fsp3) is 0.545. The van der Waals surface area contributed by atoms with Crippen molar-refractivity contribution in [2.75, 3.05) is 6.61 Å². The predicted octanol–water partition coefficient (Wildman–Crippen LogP) is 1.22. The fourth-order valence-electron chi connectivity index (χ4n) is 0.846. The summed E-state index contributed by atoms with van der Waals surface area (Å²) in [6, 6.07) is 0. The van der Waals surface area contributed by atoms with Crippen molar-refractivity contribution in [1.82, 2.24) is 0 Å². The van der Waals surface area contributed by atoms with Crippen molar-refractivity contribution in [1.29, 1.82) is 0 Å². The van der Waals surface area contributed by atoms with E-state index in [0.29, 0.717) is 6.42 Å². The minimum absolute atomic E-state index is 0.170. The third-order valence-electron chi connectivity index (χ3n) is 1.68. The molecule has 16 heavy (non-hydrogen) atoms. The molecule has 0 saturated heterocycles. The third kappa shape index (κ3) is 5.29. The van der Waals surface area contributed by atoms with E-state index in [1.54, 1.807) is 19.9 Å². The summed E-state index contributed by atoms with van der Waals surface area (Å²) in [7, 11) is 0. The Kier molecular flexibility index (Phi) is 6.83. The lowest BCUT2D eigenvalue weighted by atomic mass is 10.2. The Balaban J connectivity index is 4.44. The average molecular weight is 228 g/mol. The predicted molar refractivity (Wildman–Crippen MR) is 56.3 cm³/mol. The zero-order chi connectivity index (χ0) is 12.6. The van der Waals surface area contributed by atoms with E-state index in [-0.39, 0.29) is 24.6 Å². The highest BCUT2D eigenvalue weighted by molar-refractivity contribution is 5.96. The summed E-state index contributed by atoms with van der Waals surface area (Å²) in [5.74, 6) is -1.74. The van der Waals surface area contributed by atoms with Gasteiger partial charge in [-0.25, -0.2) is 4.79 Å². The standard InChI is InChI=1S/C11H16O5/c1-4-5-9(6-15-7-12)11(14)16-10(13)8(2)3/h5,7-8H,4,6H2,1-3H3/b9-5-. The molecule has 0 aliphatic rings. The molecular formula is C11H16O5. The second-order valence-corrected chi connectivity index (χ2v) is 3.41. The van der Waals surface area contributed by atoms with Gasteiger partial charge in [-0.3, -0.25) is 9.59 Å². The third-order valence-corrected chi connectivity index (χ3v) is 1.68. The average Bonchev–Trinajstić information content (AvgIpc) is 2.23. The second kappa shape index (κ2) is 7.62. The molecule has 5 nitrogen and oxygen atoms in total. The topological polar surface area (TPSA) is 69.7 Å². The first-order valence-corrected chi connectivity index (χ1v) is 5.03. The molecule has 0 aliphatic carbocycles. The van der Waals surface area contributed by atoms with Crippen LogP contribution in [0, 0.1) is 5.92 Å². The van der Waals surface area contributed by atoms with Crippen LogP contribution in [0.2, 0.25) is 0 Å². The number of rotatable bonds is 6. The van der Waals surface area contributed by atoms with Gasteiger partial charge in [0.25, 0.3) is 6.47 Å². The van der Waals surface area contributed by atoms with Crippen LogP contribution in [-0.4, -0.2) is 25.0 Å². The Morgan fingerprint density at radius 1 is 1.31 bits per heavy atom. The molecule has 0 rings (SSSR count). The molecule has 0 fully saturated rings. The number of ether oxygens (including phenoxy) is 2. The summed E-state index contributed by atoms with van der Waals surface area (Å²) in [6.07, 6.45) is 2.14. The van der Waals surface area contributed by atoms with E-state index in [4.69, 9.17) is 0 Å². The maximum atomic E-state index is 11.4. The number of carbonyl (C=O) groups is 3. The zero-order valence-electron chi connectivity index (χ0n) is 9.69. The van der Waals surface area contributed by atoms with Gasteiger partial charge in [0.05, 0.1) is 11.5 Å². The first-order valence-electron chi connectivity index (χ1n) is 5.03. The van der Waals surface area contributed by atoms with Crippen molar-refractivity contribution in [2.24, 2.45) is 5.92 Å². The first kappa shape index (κ1) is 14.3. The van der Waals surface area contributed by atoms with E-state index in [1.807, 2.05) is 6.92 Å². The maximum Gasteiger partial charge on any atom is 0.344 e. The van der Waals surface area contributed by atoms with Crippen LogP contribution in [0.4, 0.5) is 0 Å². The van der Waals surface area contributed by atoms with E-state index in [1.165, 1.54) is 0 Å². The number of allylic oxidation sites excluding steroid dienone is 1. The molecule has 0 saturated carbocycles. The molecule has 0 radical (unpaired) electrons. The van der Waals surface area contributed by atoms with E-state index in [9.17, 15) is 14.4 Å². The summed E-state index contributed by atoms with van der Waals surface area (Å²) < 4.78 is 9.03. The van der Waals surface area contributed by atoms with Crippen molar-refractivity contribution >= 4 is 18.4 Å². The van der Waals surface area contributed by atoms with Gasteiger partial charge in [0, 0.05) is 0 Å². The summed E-state index contributed by atoms with van der Waals surface area (Å²) >= 11 is 0. The van der Waals surface area contributed by atoms with Crippen molar-refractivity contribution in [3.8, 4) is 0 Å². The van der Waals surface area contributed by atoms with Crippen LogP contribution in [0.5, 0.6) is 0 Å². The number of esters is 2. The van der Waals surface area contributed by atoms with Gasteiger partial charge >= 0.3 is 11.9 Å². The SMILES string of the molecule is CC/C=C(/COC=O)C(=O)OC(=O)C(C)C. The number of hydrogen-bond donors (Lipinski definition) is 0. The Morgan fingerprint density at radius 2 is 1.94 bits per heavy atom. The van der Waals surface area contributed by atoms with Crippen LogP contribution in [0.15, 0.2) is 11.6 Å². The van der Waals surface area contributed by atoms with Crippen LogP contribution < -0.4 is 0 Å². The van der Waals surface area contributed by atoms with Gasteiger partial charge in [-0.15, -0.1) is 0 Å².